The molecule has 0 aliphatic heterocycles. The van der Waals surface area contributed by atoms with Crippen molar-refractivity contribution in [1.29, 1.82) is 0 Å². The minimum atomic E-state index is -1.05. The Morgan fingerprint density at radius 3 is 2.84 bits per heavy atom. The number of halogens is 1. The highest BCUT2D eigenvalue weighted by molar-refractivity contribution is 5.87. The van der Waals surface area contributed by atoms with E-state index in [4.69, 9.17) is 14.3 Å². The van der Waals surface area contributed by atoms with E-state index in [9.17, 15) is 9.18 Å². The minimum Gasteiger partial charge on any atom is -0.494 e. The van der Waals surface area contributed by atoms with E-state index in [1.165, 1.54) is 25.3 Å². The van der Waals surface area contributed by atoms with Crippen molar-refractivity contribution < 1.29 is 23.4 Å². The molecule has 0 radical (unpaired) electrons. The summed E-state index contributed by atoms with van der Waals surface area (Å²) in [6, 6.07) is 5.86. The molecule has 2 rings (SSSR count). The summed E-state index contributed by atoms with van der Waals surface area (Å²) in [5.41, 5.74) is 0.629. The summed E-state index contributed by atoms with van der Waals surface area (Å²) in [4.78, 5) is 10.7. The van der Waals surface area contributed by atoms with Crippen molar-refractivity contribution in [3.63, 3.8) is 0 Å². The number of ether oxygens (including phenoxy) is 1. The number of rotatable bonds is 5. The standard InChI is InChI=1S/C13H12FNO4/c1-18-12-3-2-9(5-11(12)14)15-6-10-4-8(7-19-10)13(16)17/h2-5,7,15H,6H2,1H3,(H,16,17). The molecule has 0 spiro atoms. The maximum absolute atomic E-state index is 13.4. The van der Waals surface area contributed by atoms with Gasteiger partial charge in [-0.05, 0) is 18.2 Å². The molecule has 0 atom stereocenters. The zero-order valence-electron chi connectivity index (χ0n) is 10.1. The SMILES string of the molecule is COc1ccc(NCc2cc(C(=O)O)co2)cc1F. The van der Waals surface area contributed by atoms with Gasteiger partial charge in [0.15, 0.2) is 11.6 Å². The molecule has 1 heterocycles. The van der Waals surface area contributed by atoms with Gasteiger partial charge in [0.25, 0.3) is 0 Å². The molecule has 0 saturated carbocycles. The monoisotopic (exact) mass is 265 g/mol. The van der Waals surface area contributed by atoms with Crippen LogP contribution in [0.25, 0.3) is 0 Å². The Kier molecular flexibility index (Phi) is 3.70. The van der Waals surface area contributed by atoms with Crippen molar-refractivity contribution >= 4 is 11.7 Å². The molecule has 0 aliphatic carbocycles. The molecule has 6 heteroatoms. The topological polar surface area (TPSA) is 71.7 Å². The average Bonchev–Trinajstić information content (AvgIpc) is 2.85. The molecule has 19 heavy (non-hydrogen) atoms. The summed E-state index contributed by atoms with van der Waals surface area (Å²) in [5, 5.41) is 11.7. The summed E-state index contributed by atoms with van der Waals surface area (Å²) in [7, 11) is 1.39. The number of carbonyl (C=O) groups is 1. The number of hydrogen-bond donors (Lipinski definition) is 2. The maximum atomic E-state index is 13.4. The van der Waals surface area contributed by atoms with Gasteiger partial charge < -0.3 is 19.6 Å². The first-order valence-corrected chi connectivity index (χ1v) is 5.48. The Hall–Kier alpha value is -2.50. The fraction of sp³-hybridized carbons (Fsp3) is 0.154. The first-order chi connectivity index (χ1) is 9.10. The summed E-state index contributed by atoms with van der Waals surface area (Å²) >= 11 is 0. The third-order valence-corrected chi connectivity index (χ3v) is 2.52. The van der Waals surface area contributed by atoms with Crippen molar-refractivity contribution in [2.75, 3.05) is 12.4 Å². The van der Waals surface area contributed by atoms with E-state index in [2.05, 4.69) is 5.32 Å². The van der Waals surface area contributed by atoms with Crippen molar-refractivity contribution in [2.45, 2.75) is 6.54 Å². The number of nitrogens with one attached hydrogen (secondary N) is 1. The molecular weight excluding hydrogens is 253 g/mol. The number of anilines is 1. The Morgan fingerprint density at radius 2 is 2.26 bits per heavy atom. The summed E-state index contributed by atoms with van der Waals surface area (Å²) in [6.45, 7) is 0.263. The minimum absolute atomic E-state index is 0.0812. The highest BCUT2D eigenvalue weighted by atomic mass is 19.1. The smallest absolute Gasteiger partial charge is 0.338 e. The second-order valence-electron chi connectivity index (χ2n) is 3.81. The molecule has 100 valence electrons. The van der Waals surface area contributed by atoms with Crippen LogP contribution in [0.5, 0.6) is 5.75 Å². The highest BCUT2D eigenvalue weighted by Gasteiger charge is 2.08. The number of carboxylic acids is 1. The van der Waals surface area contributed by atoms with E-state index >= 15 is 0 Å². The van der Waals surface area contributed by atoms with Gasteiger partial charge in [0.2, 0.25) is 0 Å². The van der Waals surface area contributed by atoms with Crippen molar-refractivity contribution in [1.82, 2.24) is 0 Å². The highest BCUT2D eigenvalue weighted by Crippen LogP contribution is 2.21. The first-order valence-electron chi connectivity index (χ1n) is 5.48. The number of furan rings is 1. The van der Waals surface area contributed by atoms with Crippen LogP contribution in [0.4, 0.5) is 10.1 Å². The van der Waals surface area contributed by atoms with E-state index < -0.39 is 11.8 Å². The van der Waals surface area contributed by atoms with Gasteiger partial charge in [0, 0.05) is 11.8 Å². The third-order valence-electron chi connectivity index (χ3n) is 2.52. The molecule has 2 aromatic rings. The molecular formula is C13H12FNO4. The van der Waals surface area contributed by atoms with Gasteiger partial charge in [0.05, 0.1) is 19.2 Å². The molecule has 0 unspecified atom stereocenters. The second-order valence-corrected chi connectivity index (χ2v) is 3.81. The van der Waals surface area contributed by atoms with Crippen LogP contribution in [-0.2, 0) is 6.54 Å². The van der Waals surface area contributed by atoms with Crippen LogP contribution in [-0.4, -0.2) is 18.2 Å². The molecule has 1 aromatic carbocycles. The van der Waals surface area contributed by atoms with Gasteiger partial charge in [-0.25, -0.2) is 9.18 Å². The molecule has 0 saturated heterocycles. The van der Waals surface area contributed by atoms with Crippen LogP contribution in [0.15, 0.2) is 34.9 Å². The normalized spacial score (nSPS) is 10.2. The van der Waals surface area contributed by atoms with E-state index in [-0.39, 0.29) is 17.9 Å². The Balaban J connectivity index is 2.01. The average molecular weight is 265 g/mol. The van der Waals surface area contributed by atoms with Crippen LogP contribution < -0.4 is 10.1 Å². The molecule has 5 nitrogen and oxygen atoms in total. The Labute approximate surface area is 108 Å². The lowest BCUT2D eigenvalue weighted by Gasteiger charge is -2.06. The van der Waals surface area contributed by atoms with Crippen LogP contribution in [0.3, 0.4) is 0 Å². The first kappa shape index (κ1) is 12.9. The van der Waals surface area contributed by atoms with Gasteiger partial charge in [-0.1, -0.05) is 0 Å². The summed E-state index contributed by atoms with van der Waals surface area (Å²) in [6.07, 6.45) is 1.16. The lowest BCUT2D eigenvalue weighted by atomic mass is 10.2. The van der Waals surface area contributed by atoms with Gasteiger partial charge in [-0.2, -0.15) is 0 Å². The lowest BCUT2D eigenvalue weighted by molar-refractivity contribution is 0.0696. The van der Waals surface area contributed by atoms with E-state index in [1.807, 2.05) is 0 Å². The predicted octanol–water partition coefficient (Wildman–Crippen LogP) is 2.74. The molecule has 0 aliphatic rings. The quantitative estimate of drug-likeness (QED) is 0.869. The zero-order chi connectivity index (χ0) is 13.8. The van der Waals surface area contributed by atoms with Crippen LogP contribution in [0.1, 0.15) is 16.1 Å². The number of aromatic carboxylic acids is 1. The number of methoxy groups -OCH3 is 1. The zero-order valence-corrected chi connectivity index (χ0v) is 10.1. The van der Waals surface area contributed by atoms with E-state index in [0.717, 1.165) is 6.26 Å². The second kappa shape index (κ2) is 5.43. The third kappa shape index (κ3) is 3.04. The molecule has 0 amide bonds. The van der Waals surface area contributed by atoms with Crippen LogP contribution >= 0.6 is 0 Å². The number of benzene rings is 1. The molecule has 2 N–H and O–H groups in total. The van der Waals surface area contributed by atoms with Gasteiger partial charge in [0.1, 0.15) is 12.0 Å². The predicted molar refractivity (Wildman–Crippen MR) is 65.9 cm³/mol. The van der Waals surface area contributed by atoms with Crippen LogP contribution in [0, 0.1) is 5.82 Å². The van der Waals surface area contributed by atoms with Crippen molar-refractivity contribution in [3.05, 3.63) is 47.7 Å². The summed E-state index contributed by atoms with van der Waals surface area (Å²) in [5.74, 6) is -0.908. The van der Waals surface area contributed by atoms with E-state index in [1.54, 1.807) is 6.07 Å². The largest absolute Gasteiger partial charge is 0.494 e. The Morgan fingerprint density at radius 1 is 1.47 bits per heavy atom. The van der Waals surface area contributed by atoms with Crippen LogP contribution in [0.2, 0.25) is 0 Å². The molecule has 0 bridgehead atoms. The number of hydrogen-bond acceptors (Lipinski definition) is 4. The molecule has 0 fully saturated rings. The fourth-order valence-electron chi connectivity index (χ4n) is 1.55. The van der Waals surface area contributed by atoms with Crippen molar-refractivity contribution in [2.24, 2.45) is 0 Å². The van der Waals surface area contributed by atoms with Gasteiger partial charge >= 0.3 is 5.97 Å². The Bertz CT molecular complexity index is 594. The van der Waals surface area contributed by atoms with Gasteiger partial charge in [-0.3, -0.25) is 0 Å². The summed E-state index contributed by atoms with van der Waals surface area (Å²) < 4.78 is 23.3. The number of carboxylic acid groups (broad SMARTS) is 1. The molecule has 1 aromatic heterocycles. The lowest BCUT2D eigenvalue weighted by Crippen LogP contribution is -1.99. The van der Waals surface area contributed by atoms with Crippen molar-refractivity contribution in [3.8, 4) is 5.75 Å². The van der Waals surface area contributed by atoms with E-state index in [0.29, 0.717) is 11.4 Å². The maximum Gasteiger partial charge on any atom is 0.338 e. The van der Waals surface area contributed by atoms with Gasteiger partial charge in [-0.15, -0.1) is 0 Å². The fourth-order valence-corrected chi connectivity index (χ4v) is 1.55.